The average molecular weight is 548 g/mol. The minimum absolute atomic E-state index is 0.140. The summed E-state index contributed by atoms with van der Waals surface area (Å²) in [5.74, 6) is -0.403. The van der Waals surface area contributed by atoms with Crippen molar-refractivity contribution in [2.75, 3.05) is 16.2 Å². The molecule has 0 fully saturated rings. The molecule has 1 N–H and O–H groups in total. The third kappa shape index (κ3) is 6.30. The number of nitrogens with zero attached hydrogens (tertiary/aromatic N) is 1. The molecule has 0 aromatic heterocycles. The Morgan fingerprint density at radius 3 is 2.19 bits per heavy atom. The van der Waals surface area contributed by atoms with Crippen molar-refractivity contribution >= 4 is 49.9 Å². The lowest BCUT2D eigenvalue weighted by atomic mass is 10.1. The van der Waals surface area contributed by atoms with Crippen LogP contribution in [0.5, 0.6) is 0 Å². The number of unbranched alkanes of at least 4 members (excludes halogenated alkanes) is 1. The first-order chi connectivity index (χ1) is 14.9. The van der Waals surface area contributed by atoms with Gasteiger partial charge in [0, 0.05) is 9.26 Å². The molecule has 0 heterocycles. The number of benzene rings is 3. The zero-order chi connectivity index (χ0) is 22.3. The lowest BCUT2D eigenvalue weighted by Gasteiger charge is -2.24. The maximum atomic E-state index is 13.3. The quantitative estimate of drug-likeness (QED) is 0.361. The Morgan fingerprint density at radius 1 is 0.935 bits per heavy atom. The number of hydrogen-bond acceptors (Lipinski definition) is 3. The standard InChI is InChI=1S/C24H25IN2O3S/c1-2-3-7-19-10-14-21(15-11-19)26-24(28)18-27(22-16-12-20(25)13-17-22)31(29,30)23-8-5-4-6-9-23/h4-6,8-17H,2-3,7,18H2,1H3,(H,26,28). The van der Waals surface area contributed by atoms with E-state index in [1.165, 1.54) is 17.7 Å². The van der Waals surface area contributed by atoms with Crippen molar-refractivity contribution < 1.29 is 13.2 Å². The van der Waals surface area contributed by atoms with E-state index in [0.29, 0.717) is 11.4 Å². The number of amides is 1. The van der Waals surface area contributed by atoms with Gasteiger partial charge >= 0.3 is 0 Å². The average Bonchev–Trinajstić information content (AvgIpc) is 2.78. The summed E-state index contributed by atoms with van der Waals surface area (Å²) in [5, 5.41) is 2.81. The number of anilines is 2. The molecule has 0 saturated carbocycles. The predicted molar refractivity (Wildman–Crippen MR) is 134 cm³/mol. The summed E-state index contributed by atoms with van der Waals surface area (Å²) in [4.78, 5) is 12.9. The van der Waals surface area contributed by atoms with Crippen LogP contribution in [0.1, 0.15) is 25.3 Å². The van der Waals surface area contributed by atoms with E-state index in [-0.39, 0.29) is 11.4 Å². The maximum absolute atomic E-state index is 13.3. The molecular formula is C24H25IN2O3S. The van der Waals surface area contributed by atoms with Crippen LogP contribution in [0, 0.1) is 3.57 Å². The highest BCUT2D eigenvalue weighted by molar-refractivity contribution is 14.1. The van der Waals surface area contributed by atoms with Gasteiger partial charge in [-0.15, -0.1) is 0 Å². The van der Waals surface area contributed by atoms with Gasteiger partial charge in [-0.25, -0.2) is 8.42 Å². The zero-order valence-electron chi connectivity index (χ0n) is 17.3. The van der Waals surface area contributed by atoms with Crippen molar-refractivity contribution in [1.82, 2.24) is 0 Å². The first-order valence-corrected chi connectivity index (χ1v) is 12.6. The van der Waals surface area contributed by atoms with Crippen molar-refractivity contribution in [1.29, 1.82) is 0 Å². The van der Waals surface area contributed by atoms with Gasteiger partial charge in [-0.05, 0) is 89.5 Å². The van der Waals surface area contributed by atoms with Gasteiger partial charge in [0.05, 0.1) is 10.6 Å². The third-order valence-electron chi connectivity index (χ3n) is 4.79. The fourth-order valence-electron chi connectivity index (χ4n) is 3.11. The Balaban J connectivity index is 1.81. The Hall–Kier alpha value is -2.39. The van der Waals surface area contributed by atoms with E-state index in [0.717, 1.165) is 27.1 Å². The molecule has 0 aliphatic rings. The number of hydrogen-bond donors (Lipinski definition) is 1. The second-order valence-corrected chi connectivity index (χ2v) is 10.3. The normalized spacial score (nSPS) is 11.2. The van der Waals surface area contributed by atoms with Gasteiger partial charge in [0.25, 0.3) is 10.0 Å². The first-order valence-electron chi connectivity index (χ1n) is 10.1. The number of sulfonamides is 1. The Bertz CT molecular complexity index is 1100. The fourth-order valence-corrected chi connectivity index (χ4v) is 4.91. The van der Waals surface area contributed by atoms with Crippen LogP contribution >= 0.6 is 22.6 Å². The monoisotopic (exact) mass is 548 g/mol. The van der Waals surface area contributed by atoms with Gasteiger partial charge in [-0.3, -0.25) is 9.10 Å². The van der Waals surface area contributed by atoms with E-state index < -0.39 is 15.9 Å². The second kappa shape index (κ2) is 10.8. The van der Waals surface area contributed by atoms with E-state index in [2.05, 4.69) is 34.8 Å². The van der Waals surface area contributed by atoms with E-state index in [1.807, 2.05) is 36.4 Å². The molecule has 0 radical (unpaired) electrons. The van der Waals surface area contributed by atoms with E-state index in [1.54, 1.807) is 30.3 Å². The fraction of sp³-hybridized carbons (Fsp3) is 0.208. The SMILES string of the molecule is CCCCc1ccc(NC(=O)CN(c2ccc(I)cc2)S(=O)(=O)c2ccccc2)cc1. The van der Waals surface area contributed by atoms with Gasteiger partial charge < -0.3 is 5.32 Å². The Kier molecular flexibility index (Phi) is 8.09. The van der Waals surface area contributed by atoms with Crippen LogP contribution < -0.4 is 9.62 Å². The van der Waals surface area contributed by atoms with Gasteiger partial charge in [0.2, 0.25) is 5.91 Å². The largest absolute Gasteiger partial charge is 0.325 e. The van der Waals surface area contributed by atoms with Crippen LogP contribution in [0.25, 0.3) is 0 Å². The number of rotatable bonds is 9. The molecule has 0 aliphatic carbocycles. The summed E-state index contributed by atoms with van der Waals surface area (Å²) < 4.78 is 28.7. The number of carbonyl (C=O) groups excluding carboxylic acids is 1. The highest BCUT2D eigenvalue weighted by Gasteiger charge is 2.27. The van der Waals surface area contributed by atoms with Crippen LogP contribution in [-0.2, 0) is 21.2 Å². The number of carbonyl (C=O) groups is 1. The van der Waals surface area contributed by atoms with Crippen LogP contribution in [0.4, 0.5) is 11.4 Å². The smallest absolute Gasteiger partial charge is 0.264 e. The van der Waals surface area contributed by atoms with Crippen molar-refractivity contribution in [3.8, 4) is 0 Å². The van der Waals surface area contributed by atoms with Crippen LogP contribution in [0.2, 0.25) is 0 Å². The number of halogens is 1. The second-order valence-electron chi connectivity index (χ2n) is 7.15. The molecule has 3 aromatic rings. The lowest BCUT2D eigenvalue weighted by molar-refractivity contribution is -0.114. The van der Waals surface area contributed by atoms with Crippen LogP contribution in [0.3, 0.4) is 0 Å². The summed E-state index contributed by atoms with van der Waals surface area (Å²) in [5.41, 5.74) is 2.30. The molecule has 0 bridgehead atoms. The Morgan fingerprint density at radius 2 is 1.58 bits per heavy atom. The Labute approximate surface area is 197 Å². The molecule has 0 atom stereocenters. The minimum Gasteiger partial charge on any atom is -0.325 e. The van der Waals surface area contributed by atoms with Crippen LogP contribution in [-0.4, -0.2) is 20.9 Å². The van der Waals surface area contributed by atoms with E-state index in [4.69, 9.17) is 0 Å². The molecule has 31 heavy (non-hydrogen) atoms. The molecule has 5 nitrogen and oxygen atoms in total. The topological polar surface area (TPSA) is 66.5 Å². The molecule has 3 rings (SSSR count). The lowest BCUT2D eigenvalue weighted by Crippen LogP contribution is -2.38. The molecule has 0 spiro atoms. The van der Waals surface area contributed by atoms with Crippen molar-refractivity contribution in [2.45, 2.75) is 31.1 Å². The summed E-state index contributed by atoms with van der Waals surface area (Å²) in [6.45, 7) is 1.83. The molecular weight excluding hydrogens is 523 g/mol. The minimum atomic E-state index is -3.90. The summed E-state index contributed by atoms with van der Waals surface area (Å²) in [7, 11) is -3.90. The van der Waals surface area contributed by atoms with Gasteiger partial charge in [-0.1, -0.05) is 43.7 Å². The van der Waals surface area contributed by atoms with E-state index >= 15 is 0 Å². The first kappa shape index (κ1) is 23.3. The summed E-state index contributed by atoms with van der Waals surface area (Å²) in [6, 6.07) is 22.9. The van der Waals surface area contributed by atoms with Crippen molar-refractivity contribution in [3.05, 3.63) is 88.0 Å². The molecule has 1 amide bonds. The molecule has 0 saturated heterocycles. The summed E-state index contributed by atoms with van der Waals surface area (Å²) >= 11 is 2.16. The van der Waals surface area contributed by atoms with Crippen LogP contribution in [0.15, 0.2) is 83.8 Å². The van der Waals surface area contributed by atoms with Gasteiger partial charge in [0.1, 0.15) is 6.54 Å². The zero-order valence-corrected chi connectivity index (χ0v) is 20.3. The summed E-state index contributed by atoms with van der Waals surface area (Å²) in [6.07, 6.45) is 3.25. The highest BCUT2D eigenvalue weighted by atomic mass is 127. The third-order valence-corrected chi connectivity index (χ3v) is 7.30. The highest BCUT2D eigenvalue weighted by Crippen LogP contribution is 2.24. The number of nitrogens with one attached hydrogen (secondary N) is 1. The maximum Gasteiger partial charge on any atom is 0.264 e. The molecule has 0 unspecified atom stereocenters. The van der Waals surface area contributed by atoms with Crippen molar-refractivity contribution in [2.24, 2.45) is 0 Å². The number of aryl methyl sites for hydroxylation is 1. The molecule has 3 aromatic carbocycles. The molecule has 7 heteroatoms. The van der Waals surface area contributed by atoms with E-state index in [9.17, 15) is 13.2 Å². The van der Waals surface area contributed by atoms with Crippen molar-refractivity contribution in [3.63, 3.8) is 0 Å². The molecule has 0 aliphatic heterocycles. The molecule has 162 valence electrons. The van der Waals surface area contributed by atoms with Gasteiger partial charge in [-0.2, -0.15) is 0 Å². The predicted octanol–water partition coefficient (Wildman–Crippen LogP) is 5.47. The van der Waals surface area contributed by atoms with Gasteiger partial charge in [0.15, 0.2) is 0 Å².